The summed E-state index contributed by atoms with van der Waals surface area (Å²) in [5.74, 6) is 0. The molecule has 2 fully saturated rings. The summed E-state index contributed by atoms with van der Waals surface area (Å²) in [5.41, 5.74) is 5.49. The summed E-state index contributed by atoms with van der Waals surface area (Å²) in [6.07, 6.45) is 5.86. The van der Waals surface area contributed by atoms with E-state index < -0.39 is 0 Å². The zero-order chi connectivity index (χ0) is 24.3. The number of nitrogens with one attached hydrogen (secondary N) is 1. The highest BCUT2D eigenvalue weighted by atomic mass is 16.6. The molecule has 35 heavy (non-hydrogen) atoms. The quantitative estimate of drug-likeness (QED) is 0.581. The van der Waals surface area contributed by atoms with Gasteiger partial charge < -0.3 is 24.6 Å². The molecule has 2 saturated heterocycles. The van der Waals surface area contributed by atoms with E-state index in [1.807, 2.05) is 17.6 Å². The van der Waals surface area contributed by atoms with E-state index in [0.29, 0.717) is 26.3 Å². The van der Waals surface area contributed by atoms with Crippen molar-refractivity contribution in [3.05, 3.63) is 54.4 Å². The van der Waals surface area contributed by atoms with Crippen molar-refractivity contribution in [2.24, 2.45) is 0 Å². The highest BCUT2D eigenvalue weighted by molar-refractivity contribution is 5.80. The number of piperidine rings is 1. The maximum absolute atomic E-state index is 12.1. The zero-order valence-electron chi connectivity index (χ0n) is 20.7. The third-order valence-corrected chi connectivity index (χ3v) is 7.14. The molecule has 5 rings (SSSR count). The van der Waals surface area contributed by atoms with Crippen molar-refractivity contribution in [1.29, 1.82) is 0 Å². The third kappa shape index (κ3) is 4.73. The summed E-state index contributed by atoms with van der Waals surface area (Å²) >= 11 is 0. The minimum absolute atomic E-state index is 0.226. The lowest BCUT2D eigenvalue weighted by molar-refractivity contribution is -0.0600. The van der Waals surface area contributed by atoms with Crippen LogP contribution in [-0.4, -0.2) is 73.1 Å². The highest BCUT2D eigenvalue weighted by Crippen LogP contribution is 2.35. The molecular formula is C27H35N5O3. The Morgan fingerprint density at radius 2 is 1.86 bits per heavy atom. The van der Waals surface area contributed by atoms with E-state index in [4.69, 9.17) is 9.47 Å². The number of amides is 1. The van der Waals surface area contributed by atoms with Crippen molar-refractivity contribution in [3.63, 3.8) is 0 Å². The maximum atomic E-state index is 12.1. The molecule has 2 aliphatic heterocycles. The fourth-order valence-corrected chi connectivity index (χ4v) is 5.34. The monoisotopic (exact) mass is 477 g/mol. The van der Waals surface area contributed by atoms with Crippen LogP contribution in [0.2, 0.25) is 0 Å². The number of carbonyl (C=O) groups is 1. The van der Waals surface area contributed by atoms with E-state index in [1.165, 1.54) is 5.56 Å². The van der Waals surface area contributed by atoms with Gasteiger partial charge in [0.2, 0.25) is 0 Å². The molecular weight excluding hydrogens is 442 g/mol. The Hall–Kier alpha value is -3.10. The minimum Gasteiger partial charge on any atom is -0.450 e. The van der Waals surface area contributed by atoms with Crippen molar-refractivity contribution in [3.8, 4) is 11.1 Å². The average molecular weight is 478 g/mol. The number of hydrogen-bond acceptors (Lipinski definition) is 6. The summed E-state index contributed by atoms with van der Waals surface area (Å²) in [7, 11) is 0. The Morgan fingerprint density at radius 3 is 2.54 bits per heavy atom. The molecule has 0 saturated carbocycles. The second kappa shape index (κ2) is 10.3. The normalized spacial score (nSPS) is 20.9. The van der Waals surface area contributed by atoms with Gasteiger partial charge in [-0.1, -0.05) is 24.3 Å². The summed E-state index contributed by atoms with van der Waals surface area (Å²) < 4.78 is 13.4. The van der Waals surface area contributed by atoms with Crippen LogP contribution < -0.4 is 10.2 Å². The van der Waals surface area contributed by atoms with Crippen molar-refractivity contribution in [2.75, 3.05) is 57.4 Å². The standard InChI is InChI=1S/C27H35N5O3/c1-3-34-26(33)31-16-14-30(15-17-31)24-10-13-29-32-19-22(18-25(24)32)21-6-8-23(9-7-21)27(35-4-2)11-5-12-28-20-27/h6-10,13,18-19,28H,3-5,11-12,14-17,20H2,1-2H3/t27-/m1/s1. The second-order valence-corrected chi connectivity index (χ2v) is 9.23. The van der Waals surface area contributed by atoms with Crippen LogP contribution in [0.15, 0.2) is 48.8 Å². The van der Waals surface area contributed by atoms with Crippen LogP contribution in [0.3, 0.4) is 0 Å². The molecule has 8 heteroatoms. The number of hydrogen-bond donors (Lipinski definition) is 1. The summed E-state index contributed by atoms with van der Waals surface area (Å²) in [4.78, 5) is 16.2. The molecule has 0 bridgehead atoms. The number of carbonyl (C=O) groups excluding carboxylic acids is 1. The molecule has 0 aliphatic carbocycles. The molecule has 2 aromatic heterocycles. The molecule has 2 aliphatic rings. The number of rotatable bonds is 6. The van der Waals surface area contributed by atoms with Gasteiger partial charge in [0.05, 0.1) is 17.8 Å². The van der Waals surface area contributed by atoms with E-state index >= 15 is 0 Å². The first-order valence-corrected chi connectivity index (χ1v) is 12.7. The number of aromatic nitrogens is 2. The zero-order valence-corrected chi connectivity index (χ0v) is 20.7. The summed E-state index contributed by atoms with van der Waals surface area (Å²) in [5, 5.41) is 8.06. The first kappa shape index (κ1) is 23.6. The molecule has 1 N–H and O–H groups in total. The van der Waals surface area contributed by atoms with E-state index in [2.05, 4.69) is 64.8 Å². The Morgan fingerprint density at radius 1 is 1.06 bits per heavy atom. The Balaban J connectivity index is 1.36. The predicted octanol–water partition coefficient (Wildman–Crippen LogP) is 3.90. The van der Waals surface area contributed by atoms with Crippen molar-refractivity contribution < 1.29 is 14.3 Å². The summed E-state index contributed by atoms with van der Waals surface area (Å²) in [6.45, 7) is 9.76. The first-order valence-electron chi connectivity index (χ1n) is 12.7. The Kier molecular flexibility index (Phi) is 6.92. The topological polar surface area (TPSA) is 71.3 Å². The molecule has 0 radical (unpaired) electrons. The van der Waals surface area contributed by atoms with Gasteiger partial charge in [-0.05, 0) is 56.5 Å². The van der Waals surface area contributed by atoms with Crippen molar-refractivity contribution in [1.82, 2.24) is 19.8 Å². The number of benzene rings is 1. The number of ether oxygens (including phenoxy) is 2. The molecule has 186 valence electrons. The second-order valence-electron chi connectivity index (χ2n) is 9.23. The SMILES string of the molecule is CCOC(=O)N1CCN(c2ccnn3cc(-c4ccc([C@@]5(OCC)CCCNC5)cc4)cc23)CC1. The van der Waals surface area contributed by atoms with Crippen LogP contribution in [0, 0.1) is 0 Å². The molecule has 0 spiro atoms. The molecule has 8 nitrogen and oxygen atoms in total. The lowest BCUT2D eigenvalue weighted by Gasteiger charge is -2.38. The van der Waals surface area contributed by atoms with Gasteiger partial charge in [0.1, 0.15) is 5.60 Å². The molecule has 1 atom stereocenters. The Labute approximate surface area is 206 Å². The van der Waals surface area contributed by atoms with E-state index in [9.17, 15) is 4.79 Å². The van der Waals surface area contributed by atoms with Crippen LogP contribution in [0.25, 0.3) is 16.6 Å². The number of anilines is 1. The molecule has 1 aromatic carbocycles. The molecule has 3 aromatic rings. The lowest BCUT2D eigenvalue weighted by Crippen LogP contribution is -2.49. The number of piperazine rings is 1. The van der Waals surface area contributed by atoms with Gasteiger partial charge in [-0.3, -0.25) is 0 Å². The van der Waals surface area contributed by atoms with Crippen LogP contribution in [0.4, 0.5) is 10.5 Å². The van der Waals surface area contributed by atoms with Gasteiger partial charge in [-0.15, -0.1) is 0 Å². The highest BCUT2D eigenvalue weighted by Gasteiger charge is 2.34. The lowest BCUT2D eigenvalue weighted by atomic mass is 9.85. The first-order chi connectivity index (χ1) is 17.1. The van der Waals surface area contributed by atoms with Gasteiger partial charge in [-0.2, -0.15) is 5.10 Å². The van der Waals surface area contributed by atoms with Crippen LogP contribution in [0.5, 0.6) is 0 Å². The van der Waals surface area contributed by atoms with E-state index in [-0.39, 0.29) is 11.7 Å². The van der Waals surface area contributed by atoms with Crippen LogP contribution >= 0.6 is 0 Å². The van der Waals surface area contributed by atoms with Crippen LogP contribution in [0.1, 0.15) is 32.3 Å². The third-order valence-electron chi connectivity index (χ3n) is 7.14. The van der Waals surface area contributed by atoms with Gasteiger partial charge in [0.15, 0.2) is 0 Å². The van der Waals surface area contributed by atoms with Gasteiger partial charge >= 0.3 is 6.09 Å². The van der Waals surface area contributed by atoms with Crippen molar-refractivity contribution in [2.45, 2.75) is 32.3 Å². The maximum Gasteiger partial charge on any atom is 0.409 e. The van der Waals surface area contributed by atoms with Crippen LogP contribution in [-0.2, 0) is 15.1 Å². The van der Waals surface area contributed by atoms with Crippen molar-refractivity contribution >= 4 is 17.3 Å². The largest absolute Gasteiger partial charge is 0.450 e. The molecule has 1 amide bonds. The Bertz CT molecular complexity index is 1140. The van der Waals surface area contributed by atoms with Gasteiger partial charge in [0.25, 0.3) is 0 Å². The molecule has 4 heterocycles. The van der Waals surface area contributed by atoms with E-state index in [0.717, 1.165) is 61.4 Å². The van der Waals surface area contributed by atoms with Gasteiger partial charge in [-0.25, -0.2) is 9.31 Å². The minimum atomic E-state index is -0.239. The predicted molar refractivity (Wildman–Crippen MR) is 137 cm³/mol. The van der Waals surface area contributed by atoms with Gasteiger partial charge in [0, 0.05) is 57.3 Å². The summed E-state index contributed by atoms with van der Waals surface area (Å²) in [6, 6.07) is 13.1. The average Bonchev–Trinajstić information content (AvgIpc) is 3.34. The smallest absolute Gasteiger partial charge is 0.409 e. The fourth-order valence-electron chi connectivity index (χ4n) is 5.34. The number of nitrogens with zero attached hydrogens (tertiary/aromatic N) is 4. The fraction of sp³-hybridized carbons (Fsp3) is 0.481. The van der Waals surface area contributed by atoms with E-state index in [1.54, 1.807) is 4.90 Å². The number of fused-ring (bicyclic) bond motifs is 1. The molecule has 0 unspecified atom stereocenters.